The third-order valence-electron chi connectivity index (χ3n) is 4.44. The number of hydrogen-bond donors (Lipinski definition) is 1. The van der Waals surface area contributed by atoms with Crippen molar-refractivity contribution < 1.29 is 14.4 Å². The number of pyridine rings is 1. The zero-order valence-corrected chi connectivity index (χ0v) is 15.2. The summed E-state index contributed by atoms with van der Waals surface area (Å²) in [4.78, 5) is 43.6. The first-order chi connectivity index (χ1) is 13.0. The van der Waals surface area contributed by atoms with Gasteiger partial charge in [0.1, 0.15) is 6.54 Å². The molecule has 3 amide bonds. The first kappa shape index (κ1) is 18.6. The summed E-state index contributed by atoms with van der Waals surface area (Å²) in [6, 6.07) is 11.5. The average molecular weight is 366 g/mol. The number of hydrogen-bond acceptors (Lipinski definition) is 4. The number of carbonyl (C=O) groups excluding carboxylic acids is 3. The van der Waals surface area contributed by atoms with Gasteiger partial charge in [-0.15, -0.1) is 0 Å². The molecule has 1 aliphatic rings. The number of nitrogens with one attached hydrogen (secondary N) is 1. The fourth-order valence-corrected chi connectivity index (χ4v) is 2.86. The molecule has 1 saturated heterocycles. The van der Waals surface area contributed by atoms with Gasteiger partial charge in [-0.05, 0) is 24.1 Å². The van der Waals surface area contributed by atoms with Crippen LogP contribution in [0.5, 0.6) is 0 Å². The number of amides is 3. The Kier molecular flexibility index (Phi) is 5.80. The number of carbonyl (C=O) groups is 3. The normalized spacial score (nSPS) is 14.4. The molecule has 27 heavy (non-hydrogen) atoms. The fraction of sp³-hybridized carbons (Fsp3) is 0.300. The Hall–Kier alpha value is -3.22. The first-order valence-corrected chi connectivity index (χ1v) is 8.82. The lowest BCUT2D eigenvalue weighted by molar-refractivity contribution is -0.157. The van der Waals surface area contributed by atoms with Gasteiger partial charge in [0, 0.05) is 38.6 Å². The van der Waals surface area contributed by atoms with Crippen LogP contribution in [0.4, 0.5) is 0 Å². The predicted octanol–water partition coefficient (Wildman–Crippen LogP) is 0.877. The summed E-state index contributed by atoms with van der Waals surface area (Å²) in [7, 11) is 0. The van der Waals surface area contributed by atoms with Crippen molar-refractivity contribution in [3.8, 4) is 0 Å². The first-order valence-electron chi connectivity index (χ1n) is 8.82. The second kappa shape index (κ2) is 8.44. The van der Waals surface area contributed by atoms with E-state index in [0.717, 1.165) is 16.7 Å². The molecule has 0 radical (unpaired) electrons. The van der Waals surface area contributed by atoms with Crippen LogP contribution in [0.2, 0.25) is 0 Å². The van der Waals surface area contributed by atoms with E-state index < -0.39 is 11.8 Å². The van der Waals surface area contributed by atoms with Gasteiger partial charge in [-0.25, -0.2) is 0 Å². The maximum atomic E-state index is 12.4. The smallest absolute Gasteiger partial charge is 0.312 e. The van der Waals surface area contributed by atoms with Crippen molar-refractivity contribution in [3.05, 3.63) is 65.5 Å². The molecule has 0 aliphatic carbocycles. The molecule has 0 atom stereocenters. The summed E-state index contributed by atoms with van der Waals surface area (Å²) < 4.78 is 0. The van der Waals surface area contributed by atoms with Crippen molar-refractivity contribution in [2.24, 2.45) is 0 Å². The van der Waals surface area contributed by atoms with Crippen LogP contribution in [0, 0.1) is 6.92 Å². The molecule has 0 bridgehead atoms. The van der Waals surface area contributed by atoms with Crippen LogP contribution in [-0.2, 0) is 27.5 Å². The number of nitrogens with zero attached hydrogens (tertiary/aromatic N) is 3. The van der Waals surface area contributed by atoms with Crippen molar-refractivity contribution in [2.75, 3.05) is 19.6 Å². The van der Waals surface area contributed by atoms with Crippen LogP contribution in [0.25, 0.3) is 0 Å². The Morgan fingerprint density at radius 3 is 2.44 bits per heavy atom. The van der Waals surface area contributed by atoms with E-state index in [-0.39, 0.29) is 12.5 Å². The van der Waals surface area contributed by atoms with Gasteiger partial charge in [0.15, 0.2) is 0 Å². The van der Waals surface area contributed by atoms with E-state index in [0.29, 0.717) is 26.2 Å². The summed E-state index contributed by atoms with van der Waals surface area (Å²) in [6.07, 6.45) is 3.32. The second-order valence-electron chi connectivity index (χ2n) is 6.58. The molecule has 2 aromatic rings. The summed E-state index contributed by atoms with van der Waals surface area (Å²) in [6.45, 7) is 3.36. The Balaban J connectivity index is 1.51. The van der Waals surface area contributed by atoms with Crippen LogP contribution in [0.15, 0.2) is 48.8 Å². The highest BCUT2D eigenvalue weighted by Gasteiger charge is 2.33. The van der Waals surface area contributed by atoms with Gasteiger partial charge in [-0.3, -0.25) is 19.4 Å². The molecular weight excluding hydrogens is 344 g/mol. The van der Waals surface area contributed by atoms with E-state index in [1.807, 2.05) is 37.3 Å². The van der Waals surface area contributed by atoms with Gasteiger partial charge in [-0.1, -0.05) is 35.9 Å². The van der Waals surface area contributed by atoms with Gasteiger partial charge >= 0.3 is 11.8 Å². The van der Waals surface area contributed by atoms with E-state index in [1.165, 1.54) is 9.80 Å². The van der Waals surface area contributed by atoms with Gasteiger partial charge < -0.3 is 15.1 Å². The third kappa shape index (κ3) is 4.91. The largest absolute Gasteiger partial charge is 0.350 e. The monoisotopic (exact) mass is 366 g/mol. The quantitative estimate of drug-likeness (QED) is 0.770. The minimum atomic E-state index is -0.634. The molecule has 3 rings (SSSR count). The summed E-state index contributed by atoms with van der Waals surface area (Å²) >= 11 is 0. The maximum absolute atomic E-state index is 12.4. The molecule has 0 spiro atoms. The number of benzene rings is 1. The molecule has 1 aliphatic heterocycles. The van der Waals surface area contributed by atoms with Gasteiger partial charge in [0.2, 0.25) is 5.91 Å². The SMILES string of the molecule is Cc1ccc(CN2CCN(CC(=O)NCc3cccnc3)C(=O)C2=O)cc1. The summed E-state index contributed by atoms with van der Waals surface area (Å²) in [5, 5.41) is 2.74. The number of aryl methyl sites for hydroxylation is 1. The van der Waals surface area contributed by atoms with Crippen molar-refractivity contribution in [1.29, 1.82) is 0 Å². The fourth-order valence-electron chi connectivity index (χ4n) is 2.86. The lowest BCUT2D eigenvalue weighted by atomic mass is 10.1. The molecule has 1 fully saturated rings. The second-order valence-corrected chi connectivity index (χ2v) is 6.58. The molecule has 1 aromatic carbocycles. The molecular formula is C20H22N4O3. The van der Waals surface area contributed by atoms with Gasteiger partial charge in [-0.2, -0.15) is 0 Å². The molecule has 1 aromatic heterocycles. The Labute approximate surface area is 158 Å². The zero-order chi connectivity index (χ0) is 19.2. The molecule has 140 valence electrons. The molecule has 0 saturated carbocycles. The highest BCUT2D eigenvalue weighted by molar-refractivity contribution is 6.35. The molecule has 7 nitrogen and oxygen atoms in total. The van der Waals surface area contributed by atoms with Crippen LogP contribution in [-0.4, -0.2) is 52.1 Å². The third-order valence-corrected chi connectivity index (χ3v) is 4.44. The van der Waals surface area contributed by atoms with Crippen molar-refractivity contribution >= 4 is 17.7 Å². The van der Waals surface area contributed by atoms with E-state index >= 15 is 0 Å². The van der Waals surface area contributed by atoms with Gasteiger partial charge in [0.05, 0.1) is 0 Å². The van der Waals surface area contributed by atoms with Crippen LogP contribution in [0.1, 0.15) is 16.7 Å². The molecule has 1 N–H and O–H groups in total. The lowest BCUT2D eigenvalue weighted by Crippen LogP contribution is -2.55. The predicted molar refractivity (Wildman–Crippen MR) is 99.3 cm³/mol. The van der Waals surface area contributed by atoms with Crippen molar-refractivity contribution in [3.63, 3.8) is 0 Å². The minimum absolute atomic E-state index is 0.122. The number of piperazine rings is 1. The average Bonchev–Trinajstić information content (AvgIpc) is 2.68. The highest BCUT2D eigenvalue weighted by Crippen LogP contribution is 2.11. The zero-order valence-electron chi connectivity index (χ0n) is 15.2. The van der Waals surface area contributed by atoms with E-state index in [9.17, 15) is 14.4 Å². The molecule has 0 unspecified atom stereocenters. The Morgan fingerprint density at radius 1 is 1.04 bits per heavy atom. The van der Waals surface area contributed by atoms with E-state index in [4.69, 9.17) is 0 Å². The van der Waals surface area contributed by atoms with E-state index in [1.54, 1.807) is 18.5 Å². The minimum Gasteiger partial charge on any atom is -0.350 e. The van der Waals surface area contributed by atoms with Crippen molar-refractivity contribution in [1.82, 2.24) is 20.1 Å². The Morgan fingerprint density at radius 2 is 1.74 bits per heavy atom. The van der Waals surface area contributed by atoms with Crippen LogP contribution >= 0.6 is 0 Å². The highest BCUT2D eigenvalue weighted by atomic mass is 16.2. The van der Waals surface area contributed by atoms with E-state index in [2.05, 4.69) is 10.3 Å². The summed E-state index contributed by atoms with van der Waals surface area (Å²) in [5.74, 6) is -1.50. The number of aromatic nitrogens is 1. The standard InChI is InChI=1S/C20H22N4O3/c1-15-4-6-16(7-5-15)13-23-9-10-24(20(27)19(23)26)14-18(25)22-12-17-3-2-8-21-11-17/h2-8,11H,9-10,12-14H2,1H3,(H,22,25). The molecule has 2 heterocycles. The molecule has 7 heteroatoms. The maximum Gasteiger partial charge on any atom is 0.312 e. The number of rotatable bonds is 6. The van der Waals surface area contributed by atoms with Crippen LogP contribution in [0.3, 0.4) is 0 Å². The van der Waals surface area contributed by atoms with Crippen molar-refractivity contribution in [2.45, 2.75) is 20.0 Å². The van der Waals surface area contributed by atoms with Gasteiger partial charge in [0.25, 0.3) is 0 Å². The summed E-state index contributed by atoms with van der Waals surface area (Å²) in [5.41, 5.74) is 2.99. The Bertz CT molecular complexity index is 821. The lowest BCUT2D eigenvalue weighted by Gasteiger charge is -2.33. The topological polar surface area (TPSA) is 82.6 Å². The van der Waals surface area contributed by atoms with Crippen LogP contribution < -0.4 is 5.32 Å².